The van der Waals surface area contributed by atoms with Gasteiger partial charge in [-0.25, -0.2) is 0 Å². The Bertz CT molecular complexity index is 529. The molecule has 0 bridgehead atoms. The van der Waals surface area contributed by atoms with E-state index in [4.69, 9.17) is 0 Å². The van der Waals surface area contributed by atoms with E-state index >= 15 is 0 Å². The zero-order valence-corrected chi connectivity index (χ0v) is 13.8. The molecule has 8 heteroatoms. The van der Waals surface area contributed by atoms with Gasteiger partial charge in [-0.15, -0.1) is 0 Å². The van der Waals surface area contributed by atoms with E-state index in [-0.39, 0.29) is 0 Å². The second-order valence-electron chi connectivity index (χ2n) is 4.01. The summed E-state index contributed by atoms with van der Waals surface area (Å²) in [4.78, 5) is 0. The number of benzene rings is 2. The normalized spacial score (nSPS) is 11.6. The summed E-state index contributed by atoms with van der Waals surface area (Å²) in [5, 5.41) is 0. The van der Waals surface area contributed by atoms with E-state index in [0.717, 1.165) is 24.3 Å². The lowest BCUT2D eigenvalue weighted by atomic mass is 10.2. The van der Waals surface area contributed by atoms with Crippen molar-refractivity contribution >= 4 is 31.9 Å². The second-order valence-corrected chi connectivity index (χ2v) is 5.84. The van der Waals surface area contributed by atoms with Crippen LogP contribution in [0.1, 0.15) is 11.1 Å². The van der Waals surface area contributed by atoms with E-state index in [1.807, 2.05) is 0 Å². The molecule has 0 spiro atoms. The van der Waals surface area contributed by atoms with Crippen molar-refractivity contribution in [3.8, 4) is 0 Å². The average Bonchev–Trinajstić information content (AvgIpc) is 2.38. The van der Waals surface area contributed by atoms with Crippen molar-refractivity contribution < 1.29 is 26.3 Å². The third-order valence-corrected chi connectivity index (χ3v) is 3.40. The van der Waals surface area contributed by atoms with Gasteiger partial charge < -0.3 is 0 Å². The zero-order chi connectivity index (χ0) is 17.0. The number of hydrogen-bond acceptors (Lipinski definition) is 0. The van der Waals surface area contributed by atoms with Crippen LogP contribution in [0.3, 0.4) is 0 Å². The predicted octanol–water partition coefficient (Wildman–Crippen LogP) is 6.94. The molecule has 0 saturated heterocycles. The Morgan fingerprint density at radius 3 is 0.909 bits per heavy atom. The summed E-state index contributed by atoms with van der Waals surface area (Å²) in [7, 11) is 0. The van der Waals surface area contributed by atoms with Crippen LogP contribution in [0.2, 0.25) is 0 Å². The number of hydrogen-bond donors (Lipinski definition) is 0. The van der Waals surface area contributed by atoms with Gasteiger partial charge in [-0.3, -0.25) is 0 Å². The Hall–Kier alpha value is -1.02. The van der Waals surface area contributed by atoms with Crippen molar-refractivity contribution in [1.82, 2.24) is 0 Å². The molecule has 0 atom stereocenters. The molecule has 22 heavy (non-hydrogen) atoms. The Labute approximate surface area is 139 Å². The summed E-state index contributed by atoms with van der Waals surface area (Å²) in [6.07, 6.45) is -8.47. The lowest BCUT2D eigenvalue weighted by Crippen LogP contribution is -2.03. The van der Waals surface area contributed by atoms with Crippen LogP contribution >= 0.6 is 31.9 Å². The van der Waals surface area contributed by atoms with Gasteiger partial charge in [0.25, 0.3) is 0 Å². The third-order valence-electron chi connectivity index (χ3n) is 2.34. The minimum absolute atomic E-state index is 0.624. The molecule has 0 amide bonds. The molecule has 0 unspecified atom stereocenters. The number of halogens is 8. The standard InChI is InChI=1S/2C7H4BrF3/c2*8-6-3-1-5(2-4-6)7(9,10)11/h2*1-4H. The largest absolute Gasteiger partial charge is 0.416 e. The molecule has 0 radical (unpaired) electrons. The zero-order valence-electron chi connectivity index (χ0n) is 10.6. The van der Waals surface area contributed by atoms with Gasteiger partial charge in [0, 0.05) is 8.95 Å². The molecule has 0 fully saturated rings. The molecule has 2 rings (SSSR count). The molecule has 0 aliphatic rings. The molecule has 0 nitrogen and oxygen atoms in total. The van der Waals surface area contributed by atoms with Gasteiger partial charge in [0.2, 0.25) is 0 Å². The molecule has 120 valence electrons. The Balaban J connectivity index is 0.000000220. The first kappa shape index (κ1) is 19.0. The summed E-state index contributed by atoms with van der Waals surface area (Å²) < 4.78 is 72.7. The van der Waals surface area contributed by atoms with Crippen LogP contribution in [-0.4, -0.2) is 0 Å². The van der Waals surface area contributed by atoms with Gasteiger partial charge in [0.1, 0.15) is 0 Å². The van der Waals surface area contributed by atoms with E-state index < -0.39 is 23.5 Å². The van der Waals surface area contributed by atoms with Gasteiger partial charge in [-0.1, -0.05) is 31.9 Å². The molecule has 0 saturated carbocycles. The topological polar surface area (TPSA) is 0 Å². The fourth-order valence-electron chi connectivity index (χ4n) is 1.28. The molecule has 0 aromatic heterocycles. The van der Waals surface area contributed by atoms with Gasteiger partial charge in [0.05, 0.1) is 11.1 Å². The highest BCUT2D eigenvalue weighted by Gasteiger charge is 2.30. The number of rotatable bonds is 0. The lowest BCUT2D eigenvalue weighted by molar-refractivity contribution is -0.138. The van der Waals surface area contributed by atoms with Gasteiger partial charge in [-0.2, -0.15) is 26.3 Å². The predicted molar refractivity (Wildman–Crippen MR) is 78.3 cm³/mol. The highest BCUT2D eigenvalue weighted by atomic mass is 79.9. The third kappa shape index (κ3) is 6.39. The van der Waals surface area contributed by atoms with Crippen molar-refractivity contribution in [3.05, 3.63) is 68.6 Å². The Kier molecular flexibility index (Phi) is 6.49. The molecular formula is C14H8Br2F6. The fraction of sp³-hybridized carbons (Fsp3) is 0.143. The summed E-state index contributed by atoms with van der Waals surface area (Å²) in [5.74, 6) is 0. The number of alkyl halides is 6. The quantitative estimate of drug-likeness (QED) is 0.382. The summed E-state index contributed by atoms with van der Waals surface area (Å²) >= 11 is 6.09. The van der Waals surface area contributed by atoms with Crippen LogP contribution in [0.25, 0.3) is 0 Å². The smallest absolute Gasteiger partial charge is 0.166 e. The van der Waals surface area contributed by atoms with Crippen LogP contribution in [0, 0.1) is 0 Å². The van der Waals surface area contributed by atoms with Crippen LogP contribution in [-0.2, 0) is 12.4 Å². The molecule has 2 aromatic rings. The second kappa shape index (κ2) is 7.50. The highest BCUT2D eigenvalue weighted by Crippen LogP contribution is 2.30. The summed E-state index contributed by atoms with van der Waals surface area (Å²) in [6.45, 7) is 0. The monoisotopic (exact) mass is 448 g/mol. The van der Waals surface area contributed by atoms with E-state index in [0.29, 0.717) is 8.95 Å². The van der Waals surface area contributed by atoms with Gasteiger partial charge in [-0.05, 0) is 48.5 Å². The molecule has 0 aliphatic carbocycles. The van der Waals surface area contributed by atoms with Crippen molar-refractivity contribution in [2.24, 2.45) is 0 Å². The van der Waals surface area contributed by atoms with E-state index in [9.17, 15) is 26.3 Å². The molecule has 0 heterocycles. The maximum absolute atomic E-state index is 11.9. The first-order valence-electron chi connectivity index (χ1n) is 5.65. The average molecular weight is 450 g/mol. The fourth-order valence-corrected chi connectivity index (χ4v) is 1.81. The van der Waals surface area contributed by atoms with Crippen molar-refractivity contribution in [1.29, 1.82) is 0 Å². The first-order valence-corrected chi connectivity index (χ1v) is 7.24. The molecule has 2 aromatic carbocycles. The van der Waals surface area contributed by atoms with E-state index in [1.165, 1.54) is 24.3 Å². The van der Waals surface area contributed by atoms with Crippen LogP contribution in [0.4, 0.5) is 26.3 Å². The van der Waals surface area contributed by atoms with Crippen molar-refractivity contribution in [3.63, 3.8) is 0 Å². The minimum atomic E-state index is -4.24. The summed E-state index contributed by atoms with van der Waals surface area (Å²) in [5.41, 5.74) is -1.25. The van der Waals surface area contributed by atoms with Gasteiger partial charge in [0.15, 0.2) is 0 Å². The SMILES string of the molecule is FC(F)(F)c1ccc(Br)cc1.FC(F)(F)c1ccc(Br)cc1. The van der Waals surface area contributed by atoms with Crippen LogP contribution < -0.4 is 0 Å². The maximum atomic E-state index is 11.9. The molecule has 0 aliphatic heterocycles. The highest BCUT2D eigenvalue weighted by molar-refractivity contribution is 9.10. The maximum Gasteiger partial charge on any atom is 0.416 e. The molecule has 0 N–H and O–H groups in total. The molecular weight excluding hydrogens is 442 g/mol. The van der Waals surface area contributed by atoms with Crippen molar-refractivity contribution in [2.75, 3.05) is 0 Å². The van der Waals surface area contributed by atoms with Crippen LogP contribution in [0.15, 0.2) is 57.5 Å². The summed E-state index contributed by atoms with van der Waals surface area (Å²) in [6, 6.07) is 9.58. The Morgan fingerprint density at radius 1 is 0.500 bits per heavy atom. The van der Waals surface area contributed by atoms with E-state index in [1.54, 1.807) is 0 Å². The van der Waals surface area contributed by atoms with Crippen molar-refractivity contribution in [2.45, 2.75) is 12.4 Å². The van der Waals surface area contributed by atoms with E-state index in [2.05, 4.69) is 31.9 Å². The Morgan fingerprint density at radius 2 is 0.727 bits per heavy atom. The first-order chi connectivity index (χ1) is 10.00. The lowest BCUT2D eigenvalue weighted by Gasteiger charge is -2.04. The minimum Gasteiger partial charge on any atom is -0.166 e. The van der Waals surface area contributed by atoms with Crippen LogP contribution in [0.5, 0.6) is 0 Å². The van der Waals surface area contributed by atoms with Gasteiger partial charge >= 0.3 is 12.4 Å².